The molecule has 222 valence electrons. The zero-order chi connectivity index (χ0) is 28.8. The highest BCUT2D eigenvalue weighted by Crippen LogP contribution is 2.65. The van der Waals surface area contributed by atoms with E-state index >= 15 is 0 Å². The van der Waals surface area contributed by atoms with Crippen LogP contribution in [0.1, 0.15) is 106 Å². The van der Waals surface area contributed by atoms with E-state index in [1.165, 1.54) is 6.42 Å². The quantitative estimate of drug-likeness (QED) is 0.0921. The molecule has 1 aliphatic heterocycles. The van der Waals surface area contributed by atoms with Gasteiger partial charge in [0.15, 0.2) is 5.96 Å². The fourth-order valence-electron chi connectivity index (χ4n) is 6.96. The second-order valence-corrected chi connectivity index (χ2v) is 13.2. The van der Waals surface area contributed by atoms with Gasteiger partial charge in [-0.1, -0.05) is 53.9 Å². The van der Waals surface area contributed by atoms with Crippen LogP contribution in [0.3, 0.4) is 0 Å². The van der Waals surface area contributed by atoms with Gasteiger partial charge in [-0.2, -0.15) is 0 Å². The number of hydrogen-bond donors (Lipinski definition) is 5. The lowest BCUT2D eigenvalue weighted by atomic mass is 9.43. The smallest absolute Gasteiger partial charge is 0.404 e. The molecule has 0 unspecified atom stereocenters. The Labute approximate surface area is 236 Å². The van der Waals surface area contributed by atoms with Gasteiger partial charge in [-0.15, -0.1) is 0 Å². The van der Waals surface area contributed by atoms with Gasteiger partial charge in [0.2, 0.25) is 11.8 Å². The van der Waals surface area contributed by atoms with Gasteiger partial charge < -0.3 is 30.6 Å². The van der Waals surface area contributed by atoms with Crippen LogP contribution in [-0.4, -0.2) is 62.2 Å². The third-order valence-electron chi connectivity index (χ3n) is 9.48. The van der Waals surface area contributed by atoms with Gasteiger partial charge in [0.1, 0.15) is 6.04 Å². The number of nitrogens with one attached hydrogen (secondary N) is 5. The molecular weight excluding hydrogens is 493 g/mol. The topological polar surface area (TPSA) is 125 Å². The van der Waals surface area contributed by atoms with E-state index in [2.05, 4.69) is 62.8 Å². The van der Waals surface area contributed by atoms with Crippen molar-refractivity contribution in [1.29, 1.82) is 5.41 Å². The van der Waals surface area contributed by atoms with Crippen LogP contribution in [0.5, 0.6) is 0 Å². The summed E-state index contributed by atoms with van der Waals surface area (Å²) in [6.45, 7) is 13.9. The zero-order valence-electron chi connectivity index (χ0n) is 25.5. The molecule has 4 fully saturated rings. The minimum atomic E-state index is -0.644. The molecule has 1 heterocycles. The zero-order valence-corrected chi connectivity index (χ0v) is 25.5. The highest BCUT2D eigenvalue weighted by molar-refractivity contribution is 6.48. The number of unbranched alkanes of at least 4 members (excludes halogenated alkanes) is 3. The number of rotatable bonds is 15. The van der Waals surface area contributed by atoms with Gasteiger partial charge in [-0.3, -0.25) is 15.0 Å². The van der Waals surface area contributed by atoms with Crippen LogP contribution in [-0.2, 0) is 18.9 Å². The lowest BCUT2D eigenvalue weighted by Crippen LogP contribution is -2.65. The van der Waals surface area contributed by atoms with Crippen molar-refractivity contribution >= 4 is 24.9 Å². The third-order valence-corrected chi connectivity index (χ3v) is 9.48. The fraction of sp³-hybridized carbons (Fsp3) is 0.897. The molecule has 0 radical (unpaired) electrons. The molecule has 39 heavy (non-hydrogen) atoms. The van der Waals surface area contributed by atoms with Crippen LogP contribution in [0.4, 0.5) is 0 Å². The van der Waals surface area contributed by atoms with Crippen molar-refractivity contribution in [2.75, 3.05) is 13.6 Å². The third kappa shape index (κ3) is 7.69. The summed E-state index contributed by atoms with van der Waals surface area (Å²) in [7, 11) is 1.19. The number of hydrogen-bond acceptors (Lipinski definition) is 5. The summed E-state index contributed by atoms with van der Waals surface area (Å²) >= 11 is 0. The van der Waals surface area contributed by atoms with Gasteiger partial charge in [0, 0.05) is 20.0 Å². The summed E-state index contributed by atoms with van der Waals surface area (Å²) in [5, 5.41) is 19.7. The maximum absolute atomic E-state index is 13.6. The van der Waals surface area contributed by atoms with Crippen LogP contribution in [0.15, 0.2) is 0 Å². The van der Waals surface area contributed by atoms with Crippen molar-refractivity contribution in [2.45, 2.75) is 129 Å². The first-order valence-corrected chi connectivity index (χ1v) is 15.4. The van der Waals surface area contributed by atoms with Crippen LogP contribution in [0.2, 0.25) is 0 Å². The molecule has 9 nitrogen and oxygen atoms in total. The SMILES string of the molecule is CCCCCCC(=O)N[C@@H](CCCNC(=N)NC)C(=O)N[C@@H](CC(C)C)B1O[C@@H]2C[C@@H]3C[C@@H](C3(C)C)[C@]2(C)O1. The molecule has 0 aromatic heterocycles. The Morgan fingerprint density at radius 2 is 1.82 bits per heavy atom. The summed E-state index contributed by atoms with van der Waals surface area (Å²) in [5.41, 5.74) is -0.0805. The summed E-state index contributed by atoms with van der Waals surface area (Å²) in [4.78, 5) is 26.4. The Balaban J connectivity index is 1.65. The van der Waals surface area contributed by atoms with Crippen LogP contribution in [0, 0.1) is 28.6 Å². The molecule has 6 atom stereocenters. The maximum atomic E-state index is 13.6. The molecular formula is C29H54BN5O4. The highest BCUT2D eigenvalue weighted by Gasteiger charge is 2.68. The second-order valence-electron chi connectivity index (χ2n) is 13.2. The van der Waals surface area contributed by atoms with E-state index in [0.29, 0.717) is 43.6 Å². The Morgan fingerprint density at radius 1 is 1.08 bits per heavy atom. The largest absolute Gasteiger partial charge is 0.481 e. The van der Waals surface area contributed by atoms with E-state index in [1.807, 2.05) is 0 Å². The standard InChI is InChI=1S/C29H54BN5O4/c1-8-9-10-11-14-25(36)34-21(13-12-15-33-27(31)32-7)26(37)35-24(16-19(2)3)30-38-23-18-20-17-22(28(20,4)5)29(23,6)39-30/h19-24H,8-18H2,1-7H3,(H,34,36)(H,35,37)(H3,31,32,33)/t20-,21-,22-,23+,24-,29-/m0/s1. The monoisotopic (exact) mass is 547 g/mol. The maximum Gasteiger partial charge on any atom is 0.481 e. The number of guanidine groups is 1. The van der Waals surface area contributed by atoms with Crippen LogP contribution >= 0.6 is 0 Å². The average molecular weight is 548 g/mol. The van der Waals surface area contributed by atoms with E-state index in [4.69, 9.17) is 14.7 Å². The second kappa shape index (κ2) is 13.7. The molecule has 4 aliphatic rings. The van der Waals surface area contributed by atoms with Gasteiger partial charge in [0.05, 0.1) is 17.6 Å². The molecule has 0 spiro atoms. The van der Waals surface area contributed by atoms with Crippen molar-refractivity contribution in [2.24, 2.45) is 23.2 Å². The lowest BCUT2D eigenvalue weighted by Gasteiger charge is -2.64. The molecule has 0 aromatic rings. The van der Waals surface area contributed by atoms with Crippen molar-refractivity contribution in [3.63, 3.8) is 0 Å². The Hall–Kier alpha value is -1.81. The van der Waals surface area contributed by atoms with E-state index in [1.54, 1.807) is 7.05 Å². The molecule has 4 rings (SSSR count). The van der Waals surface area contributed by atoms with Crippen molar-refractivity contribution < 1.29 is 18.9 Å². The predicted octanol–water partition coefficient (Wildman–Crippen LogP) is 3.76. The van der Waals surface area contributed by atoms with E-state index in [-0.39, 0.29) is 40.8 Å². The van der Waals surface area contributed by atoms with E-state index in [0.717, 1.165) is 38.5 Å². The summed E-state index contributed by atoms with van der Waals surface area (Å²) in [5.74, 6) is 1.12. The molecule has 3 aliphatic carbocycles. The average Bonchev–Trinajstić information content (AvgIpc) is 3.24. The molecule has 2 bridgehead atoms. The Morgan fingerprint density at radius 3 is 2.46 bits per heavy atom. The predicted molar refractivity (Wildman–Crippen MR) is 156 cm³/mol. The van der Waals surface area contributed by atoms with Gasteiger partial charge in [0.25, 0.3) is 0 Å². The van der Waals surface area contributed by atoms with E-state index < -0.39 is 13.2 Å². The Kier molecular flexibility index (Phi) is 11.1. The number of carbonyl (C=O) groups excluding carboxylic acids is 2. The molecule has 0 aromatic carbocycles. The minimum absolute atomic E-state index is 0.0537. The minimum Gasteiger partial charge on any atom is -0.404 e. The summed E-state index contributed by atoms with van der Waals surface area (Å²) in [6.07, 6.45) is 8.59. The Bertz CT molecular complexity index is 856. The molecule has 2 amide bonds. The number of amides is 2. The lowest BCUT2D eigenvalue weighted by molar-refractivity contribution is -0.199. The van der Waals surface area contributed by atoms with Crippen molar-refractivity contribution in [1.82, 2.24) is 21.3 Å². The first-order chi connectivity index (χ1) is 18.4. The van der Waals surface area contributed by atoms with E-state index in [9.17, 15) is 9.59 Å². The van der Waals surface area contributed by atoms with Crippen LogP contribution in [0.25, 0.3) is 0 Å². The first kappa shape index (κ1) is 31.7. The highest BCUT2D eigenvalue weighted by atomic mass is 16.7. The molecule has 5 N–H and O–H groups in total. The molecule has 1 saturated heterocycles. The van der Waals surface area contributed by atoms with Crippen LogP contribution < -0.4 is 21.3 Å². The fourth-order valence-corrected chi connectivity index (χ4v) is 6.96. The number of carbonyl (C=O) groups is 2. The van der Waals surface area contributed by atoms with Crippen molar-refractivity contribution in [3.8, 4) is 0 Å². The van der Waals surface area contributed by atoms with Gasteiger partial charge in [-0.25, -0.2) is 0 Å². The molecule has 10 heteroatoms. The van der Waals surface area contributed by atoms with Crippen molar-refractivity contribution in [3.05, 3.63) is 0 Å². The normalized spacial score (nSPS) is 28.2. The first-order valence-electron chi connectivity index (χ1n) is 15.4. The van der Waals surface area contributed by atoms with Gasteiger partial charge >= 0.3 is 7.12 Å². The van der Waals surface area contributed by atoms with Gasteiger partial charge in [-0.05, 0) is 68.6 Å². The summed E-state index contributed by atoms with van der Waals surface area (Å²) < 4.78 is 13.2. The molecule has 3 saturated carbocycles. The summed E-state index contributed by atoms with van der Waals surface area (Å²) in [6, 6.07) is -0.644.